The van der Waals surface area contributed by atoms with Crippen molar-refractivity contribution in [2.45, 2.75) is 58.0 Å². The van der Waals surface area contributed by atoms with Crippen molar-refractivity contribution in [2.24, 2.45) is 0 Å². The molecule has 1 aromatic rings. The molecule has 3 nitrogen and oxygen atoms in total. The molecule has 1 N–H and O–H groups in total. The smallest absolute Gasteiger partial charge is 0.192 e. The first-order chi connectivity index (χ1) is 7.65. The van der Waals surface area contributed by atoms with Crippen LogP contribution in [0.25, 0.3) is 0 Å². The van der Waals surface area contributed by atoms with E-state index >= 15 is 0 Å². The third-order valence-corrected chi connectivity index (χ3v) is 8.14. The molecule has 4 heteroatoms. The van der Waals surface area contributed by atoms with Crippen molar-refractivity contribution in [3.63, 3.8) is 0 Å². The normalized spacial score (nSPS) is 16.9. The van der Waals surface area contributed by atoms with Crippen molar-refractivity contribution in [3.8, 4) is 0 Å². The Labute approximate surface area is 105 Å². The highest BCUT2D eigenvalue weighted by Crippen LogP contribution is 2.38. The molecule has 1 rings (SSSR count). The van der Waals surface area contributed by atoms with Crippen LogP contribution >= 0.6 is 0 Å². The minimum absolute atomic E-state index is 0.143. The predicted octanol–water partition coefficient (Wildman–Crippen LogP) is 3.72. The van der Waals surface area contributed by atoms with Gasteiger partial charge < -0.3 is 13.9 Å². The molecule has 0 aliphatic rings. The van der Waals surface area contributed by atoms with E-state index in [-0.39, 0.29) is 11.1 Å². The van der Waals surface area contributed by atoms with Gasteiger partial charge in [-0.05, 0) is 37.2 Å². The van der Waals surface area contributed by atoms with Gasteiger partial charge >= 0.3 is 0 Å². The fourth-order valence-corrected chi connectivity index (χ4v) is 2.81. The summed E-state index contributed by atoms with van der Waals surface area (Å²) in [5.74, 6) is 0.566. The minimum atomic E-state index is -1.84. The van der Waals surface area contributed by atoms with Gasteiger partial charge in [-0.15, -0.1) is 0 Å². The van der Waals surface area contributed by atoms with Crippen molar-refractivity contribution in [2.75, 3.05) is 0 Å². The Balaban J connectivity index is 2.70. The molecule has 0 amide bonds. The Kier molecular flexibility index (Phi) is 4.22. The van der Waals surface area contributed by atoms with Gasteiger partial charge in [0.1, 0.15) is 11.9 Å². The zero-order valence-corrected chi connectivity index (χ0v) is 12.7. The SMILES string of the molecule is CC(O[Si](C)(C)C(C)(C)C)[C@H](O)c1ccco1. The first-order valence-electron chi connectivity index (χ1n) is 6.04. The van der Waals surface area contributed by atoms with E-state index in [9.17, 15) is 5.11 Å². The third kappa shape index (κ3) is 3.44. The largest absolute Gasteiger partial charge is 0.466 e. The summed E-state index contributed by atoms with van der Waals surface area (Å²) in [5, 5.41) is 10.3. The summed E-state index contributed by atoms with van der Waals surface area (Å²) in [6.07, 6.45) is 0.624. The average Bonchev–Trinajstić information content (AvgIpc) is 2.66. The van der Waals surface area contributed by atoms with E-state index in [4.69, 9.17) is 8.84 Å². The fourth-order valence-electron chi connectivity index (χ4n) is 1.40. The van der Waals surface area contributed by atoms with E-state index in [1.807, 2.05) is 6.92 Å². The van der Waals surface area contributed by atoms with Crippen LogP contribution in [-0.4, -0.2) is 19.5 Å². The number of furan rings is 1. The fraction of sp³-hybridized carbons (Fsp3) is 0.692. The lowest BCUT2D eigenvalue weighted by atomic mass is 10.2. The second-order valence-corrected chi connectivity index (χ2v) is 10.8. The summed E-state index contributed by atoms with van der Waals surface area (Å²) in [7, 11) is -1.84. The summed E-state index contributed by atoms with van der Waals surface area (Å²) in [5.41, 5.74) is 0. The number of aliphatic hydroxyl groups is 1. The highest BCUT2D eigenvalue weighted by atomic mass is 28.4. The molecular formula is C13H24O3Si. The van der Waals surface area contributed by atoms with E-state index < -0.39 is 14.4 Å². The lowest BCUT2D eigenvalue weighted by Crippen LogP contribution is -2.44. The highest BCUT2D eigenvalue weighted by molar-refractivity contribution is 6.74. The molecule has 1 unspecified atom stereocenters. The number of aliphatic hydroxyl groups excluding tert-OH is 1. The van der Waals surface area contributed by atoms with E-state index in [0.29, 0.717) is 5.76 Å². The Morgan fingerprint density at radius 2 is 1.94 bits per heavy atom. The molecule has 0 bridgehead atoms. The second kappa shape index (κ2) is 4.96. The molecule has 0 fully saturated rings. The van der Waals surface area contributed by atoms with Crippen molar-refractivity contribution >= 4 is 8.32 Å². The summed E-state index contributed by atoms with van der Waals surface area (Å²) in [6, 6.07) is 3.55. The van der Waals surface area contributed by atoms with Crippen molar-refractivity contribution in [1.29, 1.82) is 0 Å². The molecule has 0 aromatic carbocycles. The van der Waals surface area contributed by atoms with Crippen LogP contribution in [0.4, 0.5) is 0 Å². The molecule has 0 spiro atoms. The lowest BCUT2D eigenvalue weighted by Gasteiger charge is -2.39. The first-order valence-corrected chi connectivity index (χ1v) is 8.95. The summed E-state index contributed by atoms with van der Waals surface area (Å²) in [6.45, 7) is 12.8. The summed E-state index contributed by atoms with van der Waals surface area (Å²) < 4.78 is 11.3. The molecule has 1 aromatic heterocycles. The topological polar surface area (TPSA) is 42.6 Å². The molecular weight excluding hydrogens is 232 g/mol. The van der Waals surface area contributed by atoms with Gasteiger partial charge in [0.05, 0.1) is 12.4 Å². The average molecular weight is 256 g/mol. The summed E-state index contributed by atoms with van der Waals surface area (Å²) in [4.78, 5) is 0. The van der Waals surface area contributed by atoms with Crippen LogP contribution in [0, 0.1) is 0 Å². The van der Waals surface area contributed by atoms with Crippen molar-refractivity contribution in [3.05, 3.63) is 24.2 Å². The zero-order chi connectivity index (χ0) is 13.3. The monoisotopic (exact) mass is 256 g/mol. The van der Waals surface area contributed by atoms with E-state index in [1.54, 1.807) is 18.4 Å². The van der Waals surface area contributed by atoms with Gasteiger partial charge in [0.25, 0.3) is 0 Å². The van der Waals surface area contributed by atoms with Gasteiger partial charge in [0.2, 0.25) is 0 Å². The van der Waals surface area contributed by atoms with E-state index in [1.165, 1.54) is 0 Å². The van der Waals surface area contributed by atoms with Gasteiger partial charge in [0.15, 0.2) is 8.32 Å². The molecule has 0 aliphatic heterocycles. The predicted molar refractivity (Wildman–Crippen MR) is 71.4 cm³/mol. The maximum absolute atomic E-state index is 10.1. The maximum Gasteiger partial charge on any atom is 0.192 e. The summed E-state index contributed by atoms with van der Waals surface area (Å²) >= 11 is 0. The van der Waals surface area contributed by atoms with Gasteiger partial charge in [-0.25, -0.2) is 0 Å². The van der Waals surface area contributed by atoms with Crippen LogP contribution in [0.1, 0.15) is 39.6 Å². The highest BCUT2D eigenvalue weighted by Gasteiger charge is 2.39. The van der Waals surface area contributed by atoms with Crippen LogP contribution in [0.2, 0.25) is 18.1 Å². The minimum Gasteiger partial charge on any atom is -0.466 e. The Bertz CT molecular complexity index is 338. The molecule has 0 aliphatic carbocycles. The van der Waals surface area contributed by atoms with Gasteiger partial charge in [0, 0.05) is 0 Å². The number of rotatable bonds is 4. The number of hydrogen-bond acceptors (Lipinski definition) is 3. The van der Waals surface area contributed by atoms with Crippen LogP contribution in [0.15, 0.2) is 22.8 Å². The Hall–Kier alpha value is -0.583. The van der Waals surface area contributed by atoms with Crippen LogP contribution in [0.3, 0.4) is 0 Å². The van der Waals surface area contributed by atoms with Crippen LogP contribution in [-0.2, 0) is 4.43 Å². The lowest BCUT2D eigenvalue weighted by molar-refractivity contribution is 0.0240. The van der Waals surface area contributed by atoms with Crippen molar-refractivity contribution < 1.29 is 13.9 Å². The Morgan fingerprint density at radius 3 is 2.35 bits per heavy atom. The second-order valence-electron chi connectivity index (χ2n) is 6.04. The third-order valence-electron chi connectivity index (χ3n) is 3.57. The molecule has 17 heavy (non-hydrogen) atoms. The zero-order valence-electron chi connectivity index (χ0n) is 11.7. The van der Waals surface area contributed by atoms with Crippen LogP contribution < -0.4 is 0 Å². The molecule has 2 atom stereocenters. The number of hydrogen-bond donors (Lipinski definition) is 1. The molecule has 0 saturated heterocycles. The first kappa shape index (κ1) is 14.5. The van der Waals surface area contributed by atoms with E-state index in [2.05, 4.69) is 33.9 Å². The van der Waals surface area contributed by atoms with Gasteiger partial charge in [-0.1, -0.05) is 20.8 Å². The Morgan fingerprint density at radius 1 is 1.35 bits per heavy atom. The maximum atomic E-state index is 10.1. The van der Waals surface area contributed by atoms with Crippen molar-refractivity contribution in [1.82, 2.24) is 0 Å². The van der Waals surface area contributed by atoms with Crippen LogP contribution in [0.5, 0.6) is 0 Å². The van der Waals surface area contributed by atoms with E-state index in [0.717, 1.165) is 0 Å². The molecule has 0 saturated carbocycles. The van der Waals surface area contributed by atoms with Gasteiger partial charge in [-0.3, -0.25) is 0 Å². The quantitative estimate of drug-likeness (QED) is 0.835. The standard InChI is InChI=1S/C13H24O3Si/c1-10(12(14)11-8-7-9-15-11)16-17(5,6)13(2,3)4/h7-10,12,14H,1-6H3/t10?,12-/m0/s1. The molecule has 0 radical (unpaired) electrons. The molecule has 1 heterocycles. The molecule has 98 valence electrons. The van der Waals surface area contributed by atoms with Gasteiger partial charge in [-0.2, -0.15) is 0 Å².